The fraction of sp³-hybridized carbons (Fsp3) is 0.222. The van der Waals surface area contributed by atoms with Crippen LogP contribution in [-0.4, -0.2) is 40.1 Å². The highest BCUT2D eigenvalue weighted by Crippen LogP contribution is 2.28. The Balaban J connectivity index is 1.31. The second kappa shape index (κ2) is 11.5. The van der Waals surface area contributed by atoms with Gasteiger partial charge in [-0.1, -0.05) is 72.4 Å². The Labute approximate surface area is 204 Å². The van der Waals surface area contributed by atoms with Crippen molar-refractivity contribution < 1.29 is 9.53 Å². The van der Waals surface area contributed by atoms with Gasteiger partial charge in [0.05, 0.1) is 12.9 Å². The largest absolute Gasteiger partial charge is 0.497 e. The number of hydrogen-bond donors (Lipinski definition) is 1. The number of thioether (sulfide) groups is 1. The van der Waals surface area contributed by atoms with Gasteiger partial charge in [-0.05, 0) is 41.8 Å². The highest BCUT2D eigenvalue weighted by atomic mass is 32.2. The minimum atomic E-state index is -0.0149. The zero-order valence-corrected chi connectivity index (χ0v) is 20.2. The lowest BCUT2D eigenvalue weighted by atomic mass is 9.88. The van der Waals surface area contributed by atoms with Crippen molar-refractivity contribution in [3.63, 3.8) is 0 Å². The van der Waals surface area contributed by atoms with Crippen LogP contribution >= 0.6 is 11.8 Å². The van der Waals surface area contributed by atoms with Gasteiger partial charge < -0.3 is 14.6 Å². The van der Waals surface area contributed by atoms with Crippen LogP contribution in [0.2, 0.25) is 0 Å². The van der Waals surface area contributed by atoms with Crippen molar-refractivity contribution in [1.29, 1.82) is 0 Å². The molecule has 0 aliphatic carbocycles. The summed E-state index contributed by atoms with van der Waals surface area (Å²) >= 11 is 1.38. The van der Waals surface area contributed by atoms with Gasteiger partial charge in [-0.3, -0.25) is 4.79 Å². The number of ether oxygens (including phenoxy) is 1. The van der Waals surface area contributed by atoms with Crippen molar-refractivity contribution in [2.45, 2.75) is 17.5 Å². The van der Waals surface area contributed by atoms with Crippen molar-refractivity contribution >= 4 is 17.7 Å². The fourth-order valence-corrected chi connectivity index (χ4v) is 4.61. The second-order valence-corrected chi connectivity index (χ2v) is 8.84. The van der Waals surface area contributed by atoms with Gasteiger partial charge in [0.15, 0.2) is 11.0 Å². The molecule has 4 rings (SSSR count). The van der Waals surface area contributed by atoms with Crippen LogP contribution in [0.25, 0.3) is 11.4 Å². The summed E-state index contributed by atoms with van der Waals surface area (Å²) in [6.07, 6.45) is 0.829. The van der Waals surface area contributed by atoms with Gasteiger partial charge in [0, 0.05) is 25.1 Å². The van der Waals surface area contributed by atoms with Crippen LogP contribution in [0.4, 0.5) is 0 Å². The number of carbonyl (C=O) groups excluding carboxylic acids is 1. The molecule has 0 atom stereocenters. The molecule has 1 N–H and O–H groups in total. The topological polar surface area (TPSA) is 69.0 Å². The molecule has 0 bridgehead atoms. The first-order chi connectivity index (χ1) is 16.7. The number of rotatable bonds is 10. The highest BCUT2D eigenvalue weighted by Gasteiger charge is 2.16. The number of hydrogen-bond acceptors (Lipinski definition) is 5. The predicted molar refractivity (Wildman–Crippen MR) is 136 cm³/mol. The van der Waals surface area contributed by atoms with Crippen LogP contribution in [0, 0.1) is 0 Å². The Hall–Kier alpha value is -3.58. The van der Waals surface area contributed by atoms with Crippen LogP contribution in [0.1, 0.15) is 23.5 Å². The second-order valence-electron chi connectivity index (χ2n) is 7.89. The third kappa shape index (κ3) is 5.85. The van der Waals surface area contributed by atoms with E-state index in [1.165, 1.54) is 22.9 Å². The van der Waals surface area contributed by atoms with Crippen LogP contribution in [0.5, 0.6) is 5.75 Å². The lowest BCUT2D eigenvalue weighted by Crippen LogP contribution is -2.27. The van der Waals surface area contributed by atoms with E-state index in [9.17, 15) is 4.79 Å². The maximum Gasteiger partial charge on any atom is 0.230 e. The number of nitrogens with zero attached hydrogens (tertiary/aromatic N) is 3. The molecule has 34 heavy (non-hydrogen) atoms. The minimum Gasteiger partial charge on any atom is -0.497 e. The number of nitrogens with one attached hydrogen (secondary N) is 1. The molecule has 174 valence electrons. The third-order valence-corrected chi connectivity index (χ3v) is 6.69. The zero-order chi connectivity index (χ0) is 23.8. The van der Waals surface area contributed by atoms with Gasteiger partial charge in [0.2, 0.25) is 5.91 Å². The molecule has 3 aromatic carbocycles. The SMILES string of the molecule is COc1ccc(-c2nnc(SCC(=O)NCCC(c3ccccc3)c3ccccc3)n2C)cc1. The number of methoxy groups -OCH3 is 1. The lowest BCUT2D eigenvalue weighted by molar-refractivity contribution is -0.118. The van der Waals surface area contributed by atoms with E-state index in [1.807, 2.05) is 48.0 Å². The van der Waals surface area contributed by atoms with Crippen LogP contribution in [0.3, 0.4) is 0 Å². The number of carbonyl (C=O) groups is 1. The molecule has 1 aromatic heterocycles. The predicted octanol–water partition coefficient (Wildman–Crippen LogP) is 4.92. The van der Waals surface area contributed by atoms with E-state index >= 15 is 0 Å². The Morgan fingerprint density at radius 1 is 0.941 bits per heavy atom. The van der Waals surface area contributed by atoms with E-state index < -0.39 is 0 Å². The van der Waals surface area contributed by atoms with Gasteiger partial charge in [-0.25, -0.2) is 0 Å². The summed E-state index contributed by atoms with van der Waals surface area (Å²) in [5.41, 5.74) is 3.45. The first-order valence-corrected chi connectivity index (χ1v) is 12.2. The molecule has 1 heterocycles. The third-order valence-electron chi connectivity index (χ3n) is 5.67. The van der Waals surface area contributed by atoms with E-state index in [-0.39, 0.29) is 17.6 Å². The van der Waals surface area contributed by atoms with Crippen molar-refractivity contribution in [3.05, 3.63) is 96.1 Å². The van der Waals surface area contributed by atoms with Crippen LogP contribution in [0.15, 0.2) is 90.1 Å². The number of amides is 1. The summed E-state index contributed by atoms with van der Waals surface area (Å²) in [7, 11) is 3.55. The minimum absolute atomic E-state index is 0.0149. The molecular formula is C27H28N4O2S. The van der Waals surface area contributed by atoms with Crippen LogP contribution in [-0.2, 0) is 11.8 Å². The van der Waals surface area contributed by atoms with Gasteiger partial charge in [-0.15, -0.1) is 10.2 Å². The molecule has 6 nitrogen and oxygen atoms in total. The first-order valence-electron chi connectivity index (χ1n) is 11.2. The Morgan fingerprint density at radius 3 is 2.15 bits per heavy atom. The molecule has 7 heteroatoms. The van der Waals surface area contributed by atoms with E-state index in [0.717, 1.165) is 23.6 Å². The molecule has 0 aliphatic heterocycles. The van der Waals surface area contributed by atoms with E-state index in [0.29, 0.717) is 11.7 Å². The molecule has 0 saturated carbocycles. The van der Waals surface area contributed by atoms with Gasteiger partial charge in [0.1, 0.15) is 5.75 Å². The normalized spacial score (nSPS) is 10.9. The van der Waals surface area contributed by atoms with Crippen molar-refractivity contribution in [2.24, 2.45) is 7.05 Å². The van der Waals surface area contributed by atoms with Crippen LogP contribution < -0.4 is 10.1 Å². The number of benzene rings is 3. The highest BCUT2D eigenvalue weighted by molar-refractivity contribution is 7.99. The average Bonchev–Trinajstić information content (AvgIpc) is 3.26. The molecular weight excluding hydrogens is 444 g/mol. The first kappa shape index (κ1) is 23.6. The quantitative estimate of drug-likeness (QED) is 0.332. The van der Waals surface area contributed by atoms with E-state index in [4.69, 9.17) is 4.74 Å². The Morgan fingerprint density at radius 2 is 1.56 bits per heavy atom. The summed E-state index contributed by atoms with van der Waals surface area (Å²) in [6, 6.07) is 28.5. The van der Waals surface area contributed by atoms with Gasteiger partial charge in [-0.2, -0.15) is 0 Å². The molecule has 0 aliphatic rings. The zero-order valence-electron chi connectivity index (χ0n) is 19.3. The van der Waals surface area contributed by atoms with Gasteiger partial charge >= 0.3 is 0 Å². The summed E-state index contributed by atoms with van der Waals surface area (Å²) < 4.78 is 7.11. The lowest BCUT2D eigenvalue weighted by Gasteiger charge is -2.18. The fourth-order valence-electron chi connectivity index (χ4n) is 3.87. The molecule has 0 fully saturated rings. The Kier molecular flexibility index (Phi) is 7.99. The van der Waals surface area contributed by atoms with E-state index in [1.54, 1.807) is 7.11 Å². The number of aromatic nitrogens is 3. The summed E-state index contributed by atoms with van der Waals surface area (Å²) in [6.45, 7) is 0.601. The summed E-state index contributed by atoms with van der Waals surface area (Å²) in [5.74, 6) is 2.05. The Bertz CT molecular complexity index is 1160. The summed E-state index contributed by atoms with van der Waals surface area (Å²) in [4.78, 5) is 12.5. The molecule has 0 saturated heterocycles. The van der Waals surface area contributed by atoms with Crippen molar-refractivity contribution in [2.75, 3.05) is 19.4 Å². The average molecular weight is 473 g/mol. The maximum atomic E-state index is 12.5. The smallest absolute Gasteiger partial charge is 0.230 e. The maximum absolute atomic E-state index is 12.5. The van der Waals surface area contributed by atoms with E-state index in [2.05, 4.69) is 64.0 Å². The standard InChI is InChI=1S/C27H28N4O2S/c1-31-26(22-13-15-23(33-2)16-14-22)29-30-27(31)34-19-25(32)28-18-17-24(20-9-5-3-6-10-20)21-11-7-4-8-12-21/h3-16,24H,17-19H2,1-2H3,(H,28,32). The molecule has 4 aromatic rings. The molecule has 0 spiro atoms. The molecule has 0 radical (unpaired) electrons. The molecule has 0 unspecified atom stereocenters. The van der Waals surface area contributed by atoms with Crippen molar-refractivity contribution in [3.8, 4) is 17.1 Å². The summed E-state index contributed by atoms with van der Waals surface area (Å²) in [5, 5.41) is 12.3. The monoisotopic (exact) mass is 472 g/mol. The van der Waals surface area contributed by atoms with Gasteiger partial charge in [0.25, 0.3) is 0 Å². The van der Waals surface area contributed by atoms with Crippen molar-refractivity contribution in [1.82, 2.24) is 20.1 Å². The molecule has 1 amide bonds.